The molecule has 1 atom stereocenters. The number of rotatable bonds is 4. The van der Waals surface area contributed by atoms with Crippen molar-refractivity contribution < 1.29 is 4.74 Å². The molecule has 1 aliphatic rings. The molecule has 2 N–H and O–H groups in total. The monoisotopic (exact) mass is 287 g/mol. The molecule has 1 unspecified atom stereocenters. The van der Waals surface area contributed by atoms with Gasteiger partial charge in [0.25, 0.3) is 0 Å². The fourth-order valence-electron chi connectivity index (χ4n) is 2.94. The van der Waals surface area contributed by atoms with Crippen LogP contribution in [0.15, 0.2) is 24.3 Å². The van der Waals surface area contributed by atoms with Crippen molar-refractivity contribution in [3.63, 3.8) is 0 Å². The molecule has 3 heteroatoms. The molecule has 0 saturated heterocycles. The third kappa shape index (κ3) is 2.60. The summed E-state index contributed by atoms with van der Waals surface area (Å²) < 4.78 is 5.45. The highest BCUT2D eigenvalue weighted by Gasteiger charge is 2.19. The first-order valence-corrected chi connectivity index (χ1v) is 7.99. The van der Waals surface area contributed by atoms with Crippen LogP contribution in [0.2, 0.25) is 0 Å². The Morgan fingerprint density at radius 1 is 1.30 bits per heavy atom. The van der Waals surface area contributed by atoms with Crippen LogP contribution >= 0.6 is 11.3 Å². The van der Waals surface area contributed by atoms with Gasteiger partial charge < -0.3 is 10.5 Å². The van der Waals surface area contributed by atoms with Gasteiger partial charge in [-0.1, -0.05) is 17.7 Å². The molecule has 1 aromatic carbocycles. The minimum absolute atomic E-state index is 0.0706. The molecule has 0 aliphatic heterocycles. The van der Waals surface area contributed by atoms with Gasteiger partial charge in [0, 0.05) is 15.8 Å². The zero-order valence-corrected chi connectivity index (χ0v) is 12.9. The van der Waals surface area contributed by atoms with Gasteiger partial charge in [-0.25, -0.2) is 0 Å². The van der Waals surface area contributed by atoms with Gasteiger partial charge in [-0.05, 0) is 55.9 Å². The number of fused-ring (bicyclic) bond motifs is 1. The second kappa shape index (κ2) is 5.58. The Balaban J connectivity index is 1.81. The van der Waals surface area contributed by atoms with E-state index >= 15 is 0 Å². The number of methoxy groups -OCH3 is 1. The van der Waals surface area contributed by atoms with E-state index in [2.05, 4.69) is 25.1 Å². The molecule has 0 saturated carbocycles. The molecule has 1 aromatic heterocycles. The second-order valence-electron chi connectivity index (χ2n) is 5.58. The van der Waals surface area contributed by atoms with Crippen molar-refractivity contribution in [2.24, 2.45) is 5.73 Å². The van der Waals surface area contributed by atoms with E-state index in [0.29, 0.717) is 0 Å². The molecule has 0 spiro atoms. The first-order chi connectivity index (χ1) is 9.67. The average molecular weight is 287 g/mol. The number of ether oxygens (including phenoxy) is 1. The predicted molar refractivity (Wildman–Crippen MR) is 84.7 cm³/mol. The minimum Gasteiger partial charge on any atom is -0.496 e. The van der Waals surface area contributed by atoms with Crippen LogP contribution < -0.4 is 10.5 Å². The van der Waals surface area contributed by atoms with E-state index in [1.807, 2.05) is 17.4 Å². The standard InChI is InChI=1S/C17H21NOS/c1-11-6-7-15(19-2)13(8-11)9-14(18)17-10-12-4-3-5-16(12)20-17/h6-8,10,14H,3-5,9,18H2,1-2H3. The lowest BCUT2D eigenvalue weighted by Crippen LogP contribution is -2.12. The van der Waals surface area contributed by atoms with Crippen molar-refractivity contribution in [3.05, 3.63) is 50.7 Å². The fourth-order valence-corrected chi connectivity index (χ4v) is 4.20. The van der Waals surface area contributed by atoms with Crippen molar-refractivity contribution in [3.8, 4) is 5.75 Å². The second-order valence-corrected chi connectivity index (χ2v) is 6.74. The number of aryl methyl sites for hydroxylation is 3. The highest BCUT2D eigenvalue weighted by molar-refractivity contribution is 7.12. The molecule has 3 rings (SSSR count). The van der Waals surface area contributed by atoms with Crippen LogP contribution in [0.25, 0.3) is 0 Å². The molecule has 1 heterocycles. The first-order valence-electron chi connectivity index (χ1n) is 7.18. The Kier molecular flexibility index (Phi) is 3.81. The lowest BCUT2D eigenvalue weighted by molar-refractivity contribution is 0.408. The average Bonchev–Trinajstić information content (AvgIpc) is 2.99. The Bertz CT molecular complexity index is 596. The lowest BCUT2D eigenvalue weighted by atomic mass is 10.0. The van der Waals surface area contributed by atoms with Crippen LogP contribution in [0.3, 0.4) is 0 Å². The van der Waals surface area contributed by atoms with E-state index in [-0.39, 0.29) is 6.04 Å². The van der Waals surface area contributed by atoms with Crippen molar-refractivity contribution in [2.45, 2.75) is 38.6 Å². The number of benzene rings is 1. The highest BCUT2D eigenvalue weighted by Crippen LogP contribution is 2.35. The fraction of sp³-hybridized carbons (Fsp3) is 0.412. The summed E-state index contributed by atoms with van der Waals surface area (Å²) in [5, 5.41) is 0. The maximum absolute atomic E-state index is 6.42. The zero-order chi connectivity index (χ0) is 14.1. The maximum Gasteiger partial charge on any atom is 0.122 e. The third-order valence-electron chi connectivity index (χ3n) is 4.01. The third-order valence-corrected chi connectivity index (χ3v) is 5.38. The van der Waals surface area contributed by atoms with Crippen LogP contribution in [0, 0.1) is 6.92 Å². The van der Waals surface area contributed by atoms with Crippen LogP contribution in [0.5, 0.6) is 5.75 Å². The van der Waals surface area contributed by atoms with E-state index in [1.165, 1.54) is 40.8 Å². The summed E-state index contributed by atoms with van der Waals surface area (Å²) in [5.41, 5.74) is 10.4. The molecule has 106 valence electrons. The molecule has 0 amide bonds. The van der Waals surface area contributed by atoms with Gasteiger partial charge in [-0.3, -0.25) is 0 Å². The summed E-state index contributed by atoms with van der Waals surface area (Å²) in [4.78, 5) is 2.87. The van der Waals surface area contributed by atoms with Gasteiger partial charge >= 0.3 is 0 Å². The topological polar surface area (TPSA) is 35.2 Å². The van der Waals surface area contributed by atoms with E-state index in [0.717, 1.165) is 12.2 Å². The molecule has 2 aromatic rings. The van der Waals surface area contributed by atoms with Gasteiger partial charge in [-0.2, -0.15) is 0 Å². The highest BCUT2D eigenvalue weighted by atomic mass is 32.1. The lowest BCUT2D eigenvalue weighted by Gasteiger charge is -2.14. The Morgan fingerprint density at radius 3 is 2.90 bits per heavy atom. The summed E-state index contributed by atoms with van der Waals surface area (Å²) in [6.45, 7) is 2.11. The normalized spacial score (nSPS) is 15.2. The number of thiophene rings is 1. The Hall–Kier alpha value is -1.32. The van der Waals surface area contributed by atoms with Gasteiger partial charge in [-0.15, -0.1) is 11.3 Å². The van der Waals surface area contributed by atoms with E-state index in [1.54, 1.807) is 12.0 Å². The molecule has 0 radical (unpaired) electrons. The smallest absolute Gasteiger partial charge is 0.122 e. The largest absolute Gasteiger partial charge is 0.496 e. The number of hydrogen-bond acceptors (Lipinski definition) is 3. The van der Waals surface area contributed by atoms with Crippen LogP contribution in [0.4, 0.5) is 0 Å². The van der Waals surface area contributed by atoms with Crippen molar-refractivity contribution in [1.82, 2.24) is 0 Å². The Morgan fingerprint density at radius 2 is 2.15 bits per heavy atom. The zero-order valence-electron chi connectivity index (χ0n) is 12.1. The molecule has 2 nitrogen and oxygen atoms in total. The molecule has 1 aliphatic carbocycles. The quantitative estimate of drug-likeness (QED) is 0.928. The molecular weight excluding hydrogens is 266 g/mol. The van der Waals surface area contributed by atoms with E-state index in [9.17, 15) is 0 Å². The van der Waals surface area contributed by atoms with Crippen LogP contribution in [-0.4, -0.2) is 7.11 Å². The van der Waals surface area contributed by atoms with Crippen molar-refractivity contribution in [1.29, 1.82) is 0 Å². The van der Waals surface area contributed by atoms with Gasteiger partial charge in [0.05, 0.1) is 7.11 Å². The van der Waals surface area contributed by atoms with Crippen LogP contribution in [0.1, 0.15) is 38.9 Å². The molecular formula is C17H21NOS. The summed E-state index contributed by atoms with van der Waals surface area (Å²) in [7, 11) is 1.72. The SMILES string of the molecule is COc1ccc(C)cc1CC(N)c1cc2c(s1)CCC2. The van der Waals surface area contributed by atoms with Crippen molar-refractivity contribution >= 4 is 11.3 Å². The van der Waals surface area contributed by atoms with E-state index in [4.69, 9.17) is 10.5 Å². The molecule has 0 fully saturated rings. The maximum atomic E-state index is 6.42. The number of hydrogen-bond donors (Lipinski definition) is 1. The summed E-state index contributed by atoms with van der Waals surface area (Å²) in [5.74, 6) is 0.940. The summed E-state index contributed by atoms with van der Waals surface area (Å²) >= 11 is 1.90. The van der Waals surface area contributed by atoms with E-state index < -0.39 is 0 Å². The predicted octanol–water partition coefficient (Wildman–Crippen LogP) is 3.80. The molecule has 0 bridgehead atoms. The minimum atomic E-state index is 0.0706. The number of nitrogens with two attached hydrogens (primary N) is 1. The van der Waals surface area contributed by atoms with Crippen LogP contribution in [-0.2, 0) is 19.3 Å². The van der Waals surface area contributed by atoms with Gasteiger partial charge in [0.2, 0.25) is 0 Å². The Labute approximate surface area is 124 Å². The summed E-state index contributed by atoms with van der Waals surface area (Å²) in [6.07, 6.45) is 4.61. The van der Waals surface area contributed by atoms with Crippen molar-refractivity contribution in [2.75, 3.05) is 7.11 Å². The first kappa shape index (κ1) is 13.7. The van der Waals surface area contributed by atoms with Gasteiger partial charge in [0.15, 0.2) is 0 Å². The molecule has 20 heavy (non-hydrogen) atoms. The van der Waals surface area contributed by atoms with Gasteiger partial charge in [0.1, 0.15) is 5.75 Å². The summed E-state index contributed by atoms with van der Waals surface area (Å²) in [6, 6.07) is 8.68.